The van der Waals surface area contributed by atoms with Gasteiger partial charge in [0.1, 0.15) is 6.10 Å². The van der Waals surface area contributed by atoms with Crippen LogP contribution in [0.5, 0.6) is 0 Å². The van der Waals surface area contributed by atoms with Crippen molar-refractivity contribution in [1.29, 1.82) is 0 Å². The predicted octanol–water partition coefficient (Wildman–Crippen LogP) is 4.71. The molecule has 0 aromatic rings. The number of cyclic esters (lactones) is 1. The highest BCUT2D eigenvalue weighted by Crippen LogP contribution is 2.37. The first kappa shape index (κ1) is 14.9. The zero-order valence-corrected chi connectivity index (χ0v) is 12.7. The molecule has 110 valence electrons. The fourth-order valence-corrected chi connectivity index (χ4v) is 3.72. The van der Waals surface area contributed by atoms with E-state index in [4.69, 9.17) is 4.74 Å². The molecule has 0 unspecified atom stereocenters. The molecule has 1 aliphatic heterocycles. The molecule has 0 spiro atoms. The summed E-state index contributed by atoms with van der Waals surface area (Å²) in [6.07, 6.45) is 13.2. The highest BCUT2D eigenvalue weighted by Gasteiger charge is 2.34. The van der Waals surface area contributed by atoms with Gasteiger partial charge < -0.3 is 4.74 Å². The summed E-state index contributed by atoms with van der Waals surface area (Å²) in [6.45, 7) is 4.26. The molecule has 1 aliphatic carbocycles. The van der Waals surface area contributed by atoms with Crippen LogP contribution in [0.1, 0.15) is 78.1 Å². The van der Waals surface area contributed by atoms with Gasteiger partial charge in [0.25, 0.3) is 0 Å². The molecule has 1 heterocycles. The second-order valence-electron chi connectivity index (χ2n) is 6.73. The van der Waals surface area contributed by atoms with Crippen LogP contribution in [0.4, 0.5) is 0 Å². The highest BCUT2D eigenvalue weighted by molar-refractivity contribution is 5.72. The van der Waals surface area contributed by atoms with Crippen molar-refractivity contribution in [1.82, 2.24) is 0 Å². The summed E-state index contributed by atoms with van der Waals surface area (Å²) in [4.78, 5) is 11.7. The molecular formula is C17H30O2. The Kier molecular flexibility index (Phi) is 5.72. The van der Waals surface area contributed by atoms with Crippen LogP contribution in [-0.2, 0) is 9.53 Å². The third-order valence-corrected chi connectivity index (χ3v) is 5.19. The molecule has 0 aromatic carbocycles. The number of hydrogen-bond donors (Lipinski definition) is 0. The van der Waals surface area contributed by atoms with Crippen molar-refractivity contribution in [3.63, 3.8) is 0 Å². The van der Waals surface area contributed by atoms with Gasteiger partial charge in [0, 0.05) is 0 Å². The van der Waals surface area contributed by atoms with E-state index in [-0.39, 0.29) is 18.0 Å². The molecule has 2 fully saturated rings. The Morgan fingerprint density at radius 1 is 1.05 bits per heavy atom. The SMILES string of the molecule is CCCCCC1CCC([C@@H]2CC[C@@H](C)C(=O)O2)CC1. The zero-order chi connectivity index (χ0) is 13.7. The molecule has 2 heteroatoms. The van der Waals surface area contributed by atoms with Crippen molar-refractivity contribution in [2.24, 2.45) is 17.8 Å². The van der Waals surface area contributed by atoms with E-state index in [2.05, 4.69) is 6.92 Å². The van der Waals surface area contributed by atoms with Gasteiger partial charge in [-0.3, -0.25) is 4.79 Å². The van der Waals surface area contributed by atoms with Gasteiger partial charge in [0.15, 0.2) is 0 Å². The maximum absolute atomic E-state index is 11.7. The number of carbonyl (C=O) groups is 1. The number of unbranched alkanes of at least 4 members (excludes halogenated alkanes) is 2. The Bertz CT molecular complexity index is 279. The van der Waals surface area contributed by atoms with E-state index < -0.39 is 0 Å². The van der Waals surface area contributed by atoms with Gasteiger partial charge >= 0.3 is 5.97 Å². The Balaban J connectivity index is 1.69. The Morgan fingerprint density at radius 3 is 2.42 bits per heavy atom. The lowest BCUT2D eigenvalue weighted by molar-refractivity contribution is -0.164. The van der Waals surface area contributed by atoms with Crippen LogP contribution in [0, 0.1) is 17.8 Å². The molecule has 19 heavy (non-hydrogen) atoms. The number of ether oxygens (including phenoxy) is 1. The minimum Gasteiger partial charge on any atom is -0.462 e. The Morgan fingerprint density at radius 2 is 1.79 bits per heavy atom. The molecule has 1 saturated heterocycles. The summed E-state index contributed by atoms with van der Waals surface area (Å²) in [6, 6.07) is 0. The molecule has 2 atom stereocenters. The number of carbonyl (C=O) groups excluding carboxylic acids is 1. The van der Waals surface area contributed by atoms with Gasteiger partial charge in [-0.15, -0.1) is 0 Å². The minimum absolute atomic E-state index is 0.0429. The van der Waals surface area contributed by atoms with Crippen LogP contribution in [0.3, 0.4) is 0 Å². The molecular weight excluding hydrogens is 236 g/mol. The Labute approximate surface area is 118 Å². The molecule has 2 aliphatic rings. The largest absolute Gasteiger partial charge is 0.462 e. The van der Waals surface area contributed by atoms with E-state index in [0.717, 1.165) is 18.8 Å². The summed E-state index contributed by atoms with van der Waals surface area (Å²) in [5.74, 6) is 1.77. The standard InChI is InChI=1S/C17H30O2/c1-3-4-5-6-14-8-10-15(11-9-14)16-12-7-13(2)17(18)19-16/h13-16H,3-12H2,1-2H3/t13-,14?,15?,16+/m1/s1. The molecule has 0 N–H and O–H groups in total. The monoisotopic (exact) mass is 266 g/mol. The van der Waals surface area contributed by atoms with Gasteiger partial charge in [-0.2, -0.15) is 0 Å². The average molecular weight is 266 g/mol. The molecule has 2 nitrogen and oxygen atoms in total. The van der Waals surface area contributed by atoms with E-state index in [1.807, 2.05) is 6.92 Å². The predicted molar refractivity (Wildman–Crippen MR) is 77.9 cm³/mol. The molecule has 0 radical (unpaired) electrons. The van der Waals surface area contributed by atoms with Gasteiger partial charge in [0.05, 0.1) is 5.92 Å². The summed E-state index contributed by atoms with van der Waals surface area (Å²) in [5.41, 5.74) is 0. The second-order valence-corrected chi connectivity index (χ2v) is 6.73. The molecule has 0 aromatic heterocycles. The van der Waals surface area contributed by atoms with E-state index in [0.29, 0.717) is 5.92 Å². The van der Waals surface area contributed by atoms with Crippen LogP contribution in [0.25, 0.3) is 0 Å². The fourth-order valence-electron chi connectivity index (χ4n) is 3.72. The zero-order valence-electron chi connectivity index (χ0n) is 12.7. The molecule has 1 saturated carbocycles. The fraction of sp³-hybridized carbons (Fsp3) is 0.941. The summed E-state index contributed by atoms with van der Waals surface area (Å²) in [7, 11) is 0. The second kappa shape index (κ2) is 7.31. The van der Waals surface area contributed by atoms with Crippen molar-refractivity contribution in [3.8, 4) is 0 Å². The van der Waals surface area contributed by atoms with Crippen molar-refractivity contribution < 1.29 is 9.53 Å². The summed E-state index contributed by atoms with van der Waals surface area (Å²) >= 11 is 0. The first-order valence-electron chi connectivity index (χ1n) is 8.41. The van der Waals surface area contributed by atoms with E-state index in [9.17, 15) is 4.79 Å². The average Bonchev–Trinajstić information content (AvgIpc) is 2.43. The summed E-state index contributed by atoms with van der Waals surface area (Å²) in [5, 5.41) is 0. The third kappa shape index (κ3) is 4.22. The topological polar surface area (TPSA) is 26.3 Å². The number of rotatable bonds is 5. The molecule has 0 amide bonds. The smallest absolute Gasteiger partial charge is 0.308 e. The maximum Gasteiger partial charge on any atom is 0.308 e. The van der Waals surface area contributed by atoms with Crippen molar-refractivity contribution in [3.05, 3.63) is 0 Å². The van der Waals surface area contributed by atoms with Crippen LogP contribution in [-0.4, -0.2) is 12.1 Å². The first-order chi connectivity index (χ1) is 9.20. The molecule has 0 bridgehead atoms. The van der Waals surface area contributed by atoms with Crippen molar-refractivity contribution in [2.45, 2.75) is 84.2 Å². The van der Waals surface area contributed by atoms with Crippen LogP contribution < -0.4 is 0 Å². The lowest BCUT2D eigenvalue weighted by Gasteiger charge is -2.36. The van der Waals surface area contributed by atoms with Gasteiger partial charge in [-0.1, -0.05) is 52.4 Å². The first-order valence-corrected chi connectivity index (χ1v) is 8.41. The van der Waals surface area contributed by atoms with Crippen molar-refractivity contribution >= 4 is 5.97 Å². The van der Waals surface area contributed by atoms with Gasteiger partial charge in [-0.25, -0.2) is 0 Å². The normalized spacial score (nSPS) is 36.0. The van der Waals surface area contributed by atoms with Gasteiger partial charge in [0.2, 0.25) is 0 Å². The van der Waals surface area contributed by atoms with Crippen LogP contribution in [0.2, 0.25) is 0 Å². The Hall–Kier alpha value is -0.530. The lowest BCUT2D eigenvalue weighted by atomic mass is 9.76. The van der Waals surface area contributed by atoms with Crippen LogP contribution in [0.15, 0.2) is 0 Å². The van der Waals surface area contributed by atoms with E-state index >= 15 is 0 Å². The maximum atomic E-state index is 11.7. The third-order valence-electron chi connectivity index (χ3n) is 5.19. The lowest BCUT2D eigenvalue weighted by Crippen LogP contribution is -2.36. The van der Waals surface area contributed by atoms with Crippen LogP contribution >= 0.6 is 0 Å². The van der Waals surface area contributed by atoms with Crippen molar-refractivity contribution in [2.75, 3.05) is 0 Å². The van der Waals surface area contributed by atoms with Gasteiger partial charge in [-0.05, 0) is 37.5 Å². The number of esters is 1. The quantitative estimate of drug-likeness (QED) is 0.532. The molecule has 2 rings (SSSR count). The highest BCUT2D eigenvalue weighted by atomic mass is 16.5. The minimum atomic E-state index is 0.0429. The van der Waals surface area contributed by atoms with E-state index in [1.165, 1.54) is 51.4 Å². The van der Waals surface area contributed by atoms with E-state index in [1.54, 1.807) is 0 Å². The number of hydrogen-bond acceptors (Lipinski definition) is 2. The summed E-state index contributed by atoms with van der Waals surface area (Å²) < 4.78 is 5.63.